The third-order valence-electron chi connectivity index (χ3n) is 9.78. The zero-order valence-corrected chi connectivity index (χ0v) is 31.9. The predicted molar refractivity (Wildman–Crippen MR) is 203 cm³/mol. The molecule has 7 atom stereocenters. The smallest absolute Gasteiger partial charge is 0.220 e. The van der Waals surface area contributed by atoms with Crippen molar-refractivity contribution in [1.29, 1.82) is 0 Å². The van der Waals surface area contributed by atoms with Crippen LogP contribution in [-0.4, -0.2) is 87.5 Å². The number of ether oxygens (including phenoxy) is 2. The number of carbonyl (C=O) groups is 1. The largest absolute Gasteiger partial charge is 0.394 e. The van der Waals surface area contributed by atoms with Crippen LogP contribution < -0.4 is 5.32 Å². The molecule has 0 aromatic carbocycles. The first kappa shape index (κ1) is 46.7. The molecule has 0 aromatic heterocycles. The summed E-state index contributed by atoms with van der Waals surface area (Å²) in [4.78, 5) is 12.9. The molecule has 6 N–H and O–H groups in total. The number of aliphatic hydroxyl groups is 5. The Balaban J connectivity index is 2.41. The standard InChI is InChI=1S/C41H77NO8/c1-3-5-7-9-11-13-15-16-17-18-19-21-23-25-27-29-31-37(45)42-34(33-49-41-40(48)39(47)38(46)36(32-43)50-41)35(44)30-28-26-24-22-20-14-12-10-8-6-4-2/h20,22,28,30,34-36,38-41,43-44,46-48H,3-19,21,23-27,29,31-33H2,1-2H3,(H,42,45)/b22-20+,30-28+. The van der Waals surface area contributed by atoms with E-state index >= 15 is 0 Å². The molecule has 0 spiro atoms. The van der Waals surface area contributed by atoms with Crippen LogP contribution in [0.5, 0.6) is 0 Å². The van der Waals surface area contributed by atoms with E-state index in [9.17, 15) is 30.3 Å². The molecule has 0 radical (unpaired) electrons. The van der Waals surface area contributed by atoms with Gasteiger partial charge in [0.2, 0.25) is 5.91 Å². The number of hydrogen-bond donors (Lipinski definition) is 6. The predicted octanol–water partition coefficient (Wildman–Crippen LogP) is 7.55. The molecule has 1 rings (SSSR count). The lowest BCUT2D eigenvalue weighted by Crippen LogP contribution is -2.60. The number of allylic oxidation sites excluding steroid dienone is 3. The van der Waals surface area contributed by atoms with Gasteiger partial charge in [0.25, 0.3) is 0 Å². The van der Waals surface area contributed by atoms with Crippen molar-refractivity contribution in [3.63, 3.8) is 0 Å². The second-order valence-corrected chi connectivity index (χ2v) is 14.4. The lowest BCUT2D eigenvalue weighted by Gasteiger charge is -2.40. The van der Waals surface area contributed by atoms with Crippen molar-refractivity contribution < 1.29 is 39.8 Å². The Morgan fingerprint density at radius 2 is 1.14 bits per heavy atom. The summed E-state index contributed by atoms with van der Waals surface area (Å²) < 4.78 is 11.1. The highest BCUT2D eigenvalue weighted by Crippen LogP contribution is 2.22. The number of hydrogen-bond acceptors (Lipinski definition) is 8. The maximum absolute atomic E-state index is 12.9. The summed E-state index contributed by atoms with van der Waals surface area (Å²) in [6, 6.07) is -0.814. The Morgan fingerprint density at radius 1 is 0.660 bits per heavy atom. The fourth-order valence-electron chi connectivity index (χ4n) is 6.41. The first-order valence-corrected chi connectivity index (χ1v) is 20.6. The summed E-state index contributed by atoms with van der Waals surface area (Å²) in [5.41, 5.74) is 0. The van der Waals surface area contributed by atoms with E-state index in [1.54, 1.807) is 6.08 Å². The lowest BCUT2D eigenvalue weighted by molar-refractivity contribution is -0.302. The first-order valence-electron chi connectivity index (χ1n) is 20.6. The van der Waals surface area contributed by atoms with Gasteiger partial charge in [-0.3, -0.25) is 4.79 Å². The zero-order valence-electron chi connectivity index (χ0n) is 31.9. The van der Waals surface area contributed by atoms with Crippen LogP contribution in [0.15, 0.2) is 24.3 Å². The second kappa shape index (κ2) is 32.3. The summed E-state index contributed by atoms with van der Waals surface area (Å²) in [6.45, 7) is 3.72. The van der Waals surface area contributed by atoms with Crippen molar-refractivity contribution in [3.8, 4) is 0 Å². The molecule has 7 unspecified atom stereocenters. The molecule has 9 heteroatoms. The third-order valence-corrected chi connectivity index (χ3v) is 9.78. The van der Waals surface area contributed by atoms with E-state index in [2.05, 4.69) is 31.3 Å². The van der Waals surface area contributed by atoms with Gasteiger partial charge in [0.1, 0.15) is 24.4 Å². The highest BCUT2D eigenvalue weighted by Gasteiger charge is 2.44. The van der Waals surface area contributed by atoms with E-state index in [0.29, 0.717) is 6.42 Å². The quantitative estimate of drug-likeness (QED) is 0.0302. The minimum Gasteiger partial charge on any atom is -0.394 e. The van der Waals surface area contributed by atoms with Gasteiger partial charge in [-0.2, -0.15) is 0 Å². The van der Waals surface area contributed by atoms with Crippen molar-refractivity contribution in [3.05, 3.63) is 24.3 Å². The number of carbonyl (C=O) groups excluding carboxylic acids is 1. The number of rotatable bonds is 33. The molecule has 0 bridgehead atoms. The first-order chi connectivity index (χ1) is 24.3. The molecule has 9 nitrogen and oxygen atoms in total. The highest BCUT2D eigenvalue weighted by molar-refractivity contribution is 5.76. The molecule has 1 saturated heterocycles. The third kappa shape index (κ3) is 23.3. The number of aliphatic hydroxyl groups excluding tert-OH is 5. The van der Waals surface area contributed by atoms with Gasteiger partial charge in [-0.15, -0.1) is 0 Å². The Bertz CT molecular complexity index is 837. The fraction of sp³-hybridized carbons (Fsp3) is 0.878. The maximum atomic E-state index is 12.9. The van der Waals surface area contributed by atoms with Gasteiger partial charge in [0, 0.05) is 6.42 Å². The van der Waals surface area contributed by atoms with Gasteiger partial charge in [-0.25, -0.2) is 0 Å². The molecular formula is C41H77NO8. The van der Waals surface area contributed by atoms with Crippen LogP contribution in [0.3, 0.4) is 0 Å². The van der Waals surface area contributed by atoms with Crippen molar-refractivity contribution in [2.24, 2.45) is 0 Å². The van der Waals surface area contributed by atoms with E-state index in [-0.39, 0.29) is 12.5 Å². The molecule has 1 fully saturated rings. The summed E-state index contributed by atoms with van der Waals surface area (Å²) >= 11 is 0. The Labute approximate surface area is 305 Å². The Hall–Kier alpha value is -1.33. The molecule has 0 aliphatic carbocycles. The van der Waals surface area contributed by atoms with Crippen LogP contribution in [0.25, 0.3) is 0 Å². The average molecular weight is 712 g/mol. The van der Waals surface area contributed by atoms with Crippen molar-refractivity contribution >= 4 is 5.91 Å². The lowest BCUT2D eigenvalue weighted by atomic mass is 9.99. The molecule has 1 aliphatic rings. The van der Waals surface area contributed by atoms with Gasteiger partial charge >= 0.3 is 0 Å². The highest BCUT2D eigenvalue weighted by atomic mass is 16.7. The average Bonchev–Trinajstić information content (AvgIpc) is 3.11. The van der Waals surface area contributed by atoms with Gasteiger partial charge in [0.15, 0.2) is 6.29 Å². The second-order valence-electron chi connectivity index (χ2n) is 14.4. The summed E-state index contributed by atoms with van der Waals surface area (Å²) in [5, 5.41) is 53.9. The summed E-state index contributed by atoms with van der Waals surface area (Å²) in [7, 11) is 0. The molecule has 1 amide bonds. The normalized spacial score (nSPS) is 22.4. The van der Waals surface area contributed by atoms with Gasteiger partial charge < -0.3 is 40.3 Å². The van der Waals surface area contributed by atoms with Gasteiger partial charge in [0.05, 0.1) is 25.4 Å². The Kier molecular flexibility index (Phi) is 30.2. The topological polar surface area (TPSA) is 149 Å². The van der Waals surface area contributed by atoms with E-state index in [4.69, 9.17) is 9.47 Å². The van der Waals surface area contributed by atoms with E-state index in [1.165, 1.54) is 116 Å². The number of nitrogens with one attached hydrogen (secondary N) is 1. The van der Waals surface area contributed by atoms with Crippen LogP contribution >= 0.6 is 0 Å². The molecule has 1 aliphatic heterocycles. The van der Waals surface area contributed by atoms with Crippen LogP contribution in [0.4, 0.5) is 0 Å². The minimum atomic E-state index is -1.57. The monoisotopic (exact) mass is 712 g/mol. The van der Waals surface area contributed by atoms with Crippen LogP contribution in [-0.2, 0) is 14.3 Å². The molecule has 0 saturated carbocycles. The van der Waals surface area contributed by atoms with Crippen LogP contribution in [0.2, 0.25) is 0 Å². The molecule has 50 heavy (non-hydrogen) atoms. The minimum absolute atomic E-state index is 0.188. The van der Waals surface area contributed by atoms with Crippen molar-refractivity contribution in [2.75, 3.05) is 13.2 Å². The zero-order chi connectivity index (χ0) is 36.7. The molecule has 294 valence electrons. The van der Waals surface area contributed by atoms with E-state index in [0.717, 1.165) is 38.5 Å². The summed E-state index contributed by atoms with van der Waals surface area (Å²) in [6.07, 6.45) is 29.4. The maximum Gasteiger partial charge on any atom is 0.220 e. The number of amides is 1. The SMILES string of the molecule is CCCCCCC/C=C/CC/C=C/C(O)C(COC1OC(CO)C(O)C(O)C1O)NC(=O)CCCCCCCCCCCCCCCCCC. The van der Waals surface area contributed by atoms with Crippen molar-refractivity contribution in [1.82, 2.24) is 5.32 Å². The Morgan fingerprint density at radius 3 is 1.68 bits per heavy atom. The van der Waals surface area contributed by atoms with Crippen LogP contribution in [0, 0.1) is 0 Å². The number of unbranched alkanes of at least 4 members (excludes halogenated alkanes) is 21. The molecule has 1 heterocycles. The van der Waals surface area contributed by atoms with E-state index in [1.807, 2.05) is 6.08 Å². The van der Waals surface area contributed by atoms with Crippen LogP contribution in [0.1, 0.15) is 174 Å². The summed E-state index contributed by atoms with van der Waals surface area (Å²) in [5.74, 6) is -0.188. The molecule has 0 aromatic rings. The van der Waals surface area contributed by atoms with Gasteiger partial charge in [-0.1, -0.05) is 160 Å². The van der Waals surface area contributed by atoms with E-state index < -0.39 is 49.5 Å². The fourth-order valence-corrected chi connectivity index (χ4v) is 6.41. The van der Waals surface area contributed by atoms with Gasteiger partial charge in [-0.05, 0) is 32.1 Å². The van der Waals surface area contributed by atoms with Crippen molar-refractivity contribution in [2.45, 2.75) is 217 Å². The molecular weight excluding hydrogens is 634 g/mol.